The number of aliphatic hydroxyl groups excluding tert-OH is 1. The van der Waals surface area contributed by atoms with Crippen LogP contribution in [0.2, 0.25) is 0 Å². The molecule has 1 aromatic carbocycles. The monoisotopic (exact) mass is 299 g/mol. The van der Waals surface area contributed by atoms with Gasteiger partial charge in [0.15, 0.2) is 0 Å². The van der Waals surface area contributed by atoms with Gasteiger partial charge in [0.25, 0.3) is 0 Å². The molecule has 1 atom stereocenters. The van der Waals surface area contributed by atoms with Gasteiger partial charge in [0.1, 0.15) is 0 Å². The van der Waals surface area contributed by atoms with Crippen LogP contribution in [0.15, 0.2) is 22.7 Å². The highest BCUT2D eigenvalue weighted by Crippen LogP contribution is 2.30. The van der Waals surface area contributed by atoms with E-state index in [1.165, 1.54) is 0 Å². The van der Waals surface area contributed by atoms with Gasteiger partial charge in [0.2, 0.25) is 0 Å². The van der Waals surface area contributed by atoms with E-state index < -0.39 is 6.10 Å². The van der Waals surface area contributed by atoms with Crippen LogP contribution in [0.25, 0.3) is 0 Å². The molecule has 0 radical (unpaired) electrons. The molecule has 0 saturated heterocycles. The molecule has 0 aliphatic rings. The molecule has 0 amide bonds. The van der Waals surface area contributed by atoms with Crippen molar-refractivity contribution in [2.24, 2.45) is 5.41 Å². The van der Waals surface area contributed by atoms with Crippen molar-refractivity contribution >= 4 is 21.6 Å². The predicted octanol–water partition coefficient (Wildman–Crippen LogP) is 3.98. The molecule has 96 valence electrons. The van der Waals surface area contributed by atoms with Crippen molar-refractivity contribution in [3.05, 3.63) is 28.2 Å². The molecular formula is C14H22BrNO. The molecule has 0 fully saturated rings. The minimum absolute atomic E-state index is 0.261. The maximum absolute atomic E-state index is 9.53. The zero-order chi connectivity index (χ0) is 13.2. The van der Waals surface area contributed by atoms with Crippen LogP contribution < -0.4 is 4.90 Å². The highest BCUT2D eigenvalue weighted by Gasteiger charge is 2.16. The summed E-state index contributed by atoms with van der Waals surface area (Å²) in [6.07, 6.45) is -0.423. The van der Waals surface area contributed by atoms with Gasteiger partial charge in [-0.2, -0.15) is 0 Å². The molecule has 0 bridgehead atoms. The Morgan fingerprint density at radius 3 is 2.35 bits per heavy atom. The Balaban J connectivity index is 2.92. The van der Waals surface area contributed by atoms with Crippen LogP contribution in [0.5, 0.6) is 0 Å². The van der Waals surface area contributed by atoms with Gasteiger partial charge in [0, 0.05) is 18.1 Å². The Labute approximate surface area is 113 Å². The first kappa shape index (κ1) is 14.5. The Morgan fingerprint density at radius 2 is 1.94 bits per heavy atom. The highest BCUT2D eigenvalue weighted by atomic mass is 79.9. The van der Waals surface area contributed by atoms with Crippen LogP contribution in [0.1, 0.15) is 39.4 Å². The molecule has 2 nitrogen and oxygen atoms in total. The highest BCUT2D eigenvalue weighted by molar-refractivity contribution is 9.10. The van der Waals surface area contributed by atoms with E-state index in [0.717, 1.165) is 22.3 Å². The number of anilines is 1. The molecule has 0 saturated carbocycles. The third kappa shape index (κ3) is 4.32. The topological polar surface area (TPSA) is 23.5 Å². The van der Waals surface area contributed by atoms with Crippen LogP contribution in [0.4, 0.5) is 5.69 Å². The van der Waals surface area contributed by atoms with Gasteiger partial charge in [0.05, 0.1) is 11.8 Å². The lowest BCUT2D eigenvalue weighted by Crippen LogP contribution is -2.29. The van der Waals surface area contributed by atoms with Gasteiger partial charge >= 0.3 is 0 Å². The van der Waals surface area contributed by atoms with E-state index in [9.17, 15) is 5.11 Å². The first-order chi connectivity index (χ1) is 7.70. The summed E-state index contributed by atoms with van der Waals surface area (Å²) >= 11 is 3.57. The Hall–Kier alpha value is -0.540. The van der Waals surface area contributed by atoms with Crippen LogP contribution in [-0.4, -0.2) is 18.7 Å². The van der Waals surface area contributed by atoms with Gasteiger partial charge in [-0.3, -0.25) is 0 Å². The second kappa shape index (κ2) is 5.40. The van der Waals surface area contributed by atoms with E-state index >= 15 is 0 Å². The number of nitrogens with zero attached hydrogens (tertiary/aromatic N) is 1. The lowest BCUT2D eigenvalue weighted by Gasteiger charge is -2.29. The summed E-state index contributed by atoms with van der Waals surface area (Å²) in [5.74, 6) is 0. The quantitative estimate of drug-likeness (QED) is 0.912. The van der Waals surface area contributed by atoms with Crippen LogP contribution >= 0.6 is 15.9 Å². The number of halogens is 1. The van der Waals surface area contributed by atoms with Gasteiger partial charge < -0.3 is 10.0 Å². The minimum atomic E-state index is -0.423. The van der Waals surface area contributed by atoms with Gasteiger partial charge in [-0.25, -0.2) is 0 Å². The van der Waals surface area contributed by atoms with E-state index in [2.05, 4.69) is 54.7 Å². The number of rotatable bonds is 3. The molecule has 0 aliphatic heterocycles. The number of aliphatic hydroxyl groups is 1. The molecule has 17 heavy (non-hydrogen) atoms. The zero-order valence-corrected chi connectivity index (χ0v) is 12.9. The second-order valence-corrected chi connectivity index (χ2v) is 6.66. The molecule has 0 heterocycles. The van der Waals surface area contributed by atoms with Gasteiger partial charge in [-0.05, 0) is 46.0 Å². The maximum atomic E-state index is 9.53. The summed E-state index contributed by atoms with van der Waals surface area (Å²) in [4.78, 5) is 2.23. The van der Waals surface area contributed by atoms with Crippen molar-refractivity contribution in [3.63, 3.8) is 0 Å². The molecular weight excluding hydrogens is 278 g/mol. The fraction of sp³-hybridized carbons (Fsp3) is 0.571. The molecule has 0 spiro atoms. The lowest BCUT2D eigenvalue weighted by molar-refractivity contribution is 0.199. The maximum Gasteiger partial charge on any atom is 0.0762 e. The molecule has 1 unspecified atom stereocenters. The molecule has 1 N–H and O–H groups in total. The first-order valence-corrected chi connectivity index (χ1v) is 6.68. The summed E-state index contributed by atoms with van der Waals surface area (Å²) in [6.45, 7) is 9.44. The third-order valence-electron chi connectivity index (χ3n) is 2.58. The third-order valence-corrected chi connectivity index (χ3v) is 3.21. The van der Waals surface area contributed by atoms with Crippen molar-refractivity contribution in [2.45, 2.75) is 33.8 Å². The molecule has 3 heteroatoms. The zero-order valence-electron chi connectivity index (χ0n) is 11.3. The molecule has 0 aromatic heterocycles. The fourth-order valence-corrected chi connectivity index (χ4v) is 2.59. The van der Waals surface area contributed by atoms with Crippen LogP contribution in [-0.2, 0) is 0 Å². The molecule has 1 aromatic rings. The van der Waals surface area contributed by atoms with Crippen LogP contribution in [0, 0.1) is 5.41 Å². The summed E-state index contributed by atoms with van der Waals surface area (Å²) in [5, 5.41) is 9.53. The Morgan fingerprint density at radius 1 is 1.35 bits per heavy atom. The normalized spacial score (nSPS) is 13.6. The van der Waals surface area contributed by atoms with Crippen LogP contribution in [0.3, 0.4) is 0 Å². The van der Waals surface area contributed by atoms with Gasteiger partial charge in [-0.1, -0.05) is 26.8 Å². The first-order valence-electron chi connectivity index (χ1n) is 5.89. The smallest absolute Gasteiger partial charge is 0.0762 e. The van der Waals surface area contributed by atoms with E-state index in [0.29, 0.717) is 0 Å². The van der Waals surface area contributed by atoms with E-state index in [1.807, 2.05) is 12.1 Å². The lowest BCUT2D eigenvalue weighted by atomic mass is 9.96. The van der Waals surface area contributed by atoms with Crippen molar-refractivity contribution in [1.29, 1.82) is 0 Å². The number of benzene rings is 1. The fourth-order valence-electron chi connectivity index (χ4n) is 1.89. The van der Waals surface area contributed by atoms with Gasteiger partial charge in [-0.15, -0.1) is 0 Å². The largest absolute Gasteiger partial charge is 0.389 e. The minimum Gasteiger partial charge on any atom is -0.389 e. The standard InChI is InChI=1S/C14H22BrNO/c1-10(17)11-6-7-13(12(15)8-11)16(5)9-14(2,3)4/h6-8,10,17H,9H2,1-5H3. The summed E-state index contributed by atoms with van der Waals surface area (Å²) < 4.78 is 1.03. The Bertz CT molecular complexity index is 382. The van der Waals surface area contributed by atoms with E-state index in [1.54, 1.807) is 6.92 Å². The van der Waals surface area contributed by atoms with Crippen molar-refractivity contribution in [1.82, 2.24) is 0 Å². The average Bonchev–Trinajstić information content (AvgIpc) is 2.14. The second-order valence-electron chi connectivity index (χ2n) is 5.80. The summed E-state index contributed by atoms with van der Waals surface area (Å²) in [5.41, 5.74) is 2.35. The summed E-state index contributed by atoms with van der Waals surface area (Å²) in [7, 11) is 2.09. The molecule has 1 rings (SSSR count). The van der Waals surface area contributed by atoms with E-state index in [4.69, 9.17) is 0 Å². The van der Waals surface area contributed by atoms with Crippen molar-refractivity contribution < 1.29 is 5.11 Å². The predicted molar refractivity (Wildman–Crippen MR) is 77.5 cm³/mol. The number of hydrogen-bond acceptors (Lipinski definition) is 2. The summed E-state index contributed by atoms with van der Waals surface area (Å²) in [6, 6.07) is 6.01. The SMILES string of the molecule is CC(O)c1ccc(N(C)CC(C)(C)C)c(Br)c1. The van der Waals surface area contributed by atoms with Crippen molar-refractivity contribution in [3.8, 4) is 0 Å². The average molecular weight is 300 g/mol. The number of hydrogen-bond donors (Lipinski definition) is 1. The Kier molecular flexibility index (Phi) is 4.62. The van der Waals surface area contributed by atoms with Crippen molar-refractivity contribution in [2.75, 3.05) is 18.5 Å². The molecule has 0 aliphatic carbocycles. The van der Waals surface area contributed by atoms with E-state index in [-0.39, 0.29) is 5.41 Å².